The van der Waals surface area contributed by atoms with Crippen molar-refractivity contribution in [2.75, 3.05) is 0 Å². The molecule has 76 valence electrons. The number of nitrogens with two attached hydrogens (primary N) is 1. The van der Waals surface area contributed by atoms with Crippen LogP contribution < -0.4 is 11.3 Å². The zero-order valence-electron chi connectivity index (χ0n) is 8.22. The van der Waals surface area contributed by atoms with Gasteiger partial charge in [0.2, 0.25) is 5.91 Å². The molecular weight excluding hydrogens is 164 g/mol. The van der Waals surface area contributed by atoms with Crippen molar-refractivity contribution in [1.29, 1.82) is 0 Å². The maximum atomic E-state index is 11.3. The van der Waals surface area contributed by atoms with Crippen LogP contribution in [0.2, 0.25) is 0 Å². The molecule has 13 heavy (non-hydrogen) atoms. The van der Waals surface area contributed by atoms with E-state index in [0.29, 0.717) is 0 Å². The lowest BCUT2D eigenvalue weighted by atomic mass is 9.96. The maximum Gasteiger partial charge on any atom is 0.236 e. The predicted octanol–water partition coefficient (Wildman–Crippen LogP) is 1.73. The number of rotatable bonds is 1. The molecule has 1 saturated carbocycles. The quantitative estimate of drug-likeness (QED) is 0.370. The fourth-order valence-corrected chi connectivity index (χ4v) is 2.01. The van der Waals surface area contributed by atoms with Crippen LogP contribution in [0.15, 0.2) is 0 Å². The summed E-state index contributed by atoms with van der Waals surface area (Å²) < 4.78 is 0. The van der Waals surface area contributed by atoms with Crippen molar-refractivity contribution in [2.24, 2.45) is 11.8 Å². The summed E-state index contributed by atoms with van der Waals surface area (Å²) in [7, 11) is 0. The highest BCUT2D eigenvalue weighted by Crippen LogP contribution is 2.21. The molecule has 1 aliphatic carbocycles. The highest BCUT2D eigenvalue weighted by Gasteiger charge is 2.17. The molecule has 0 spiro atoms. The molecule has 3 heteroatoms. The molecule has 0 heterocycles. The number of carbonyl (C=O) groups is 1. The van der Waals surface area contributed by atoms with Crippen LogP contribution in [0.5, 0.6) is 0 Å². The molecule has 0 aromatic rings. The fourth-order valence-electron chi connectivity index (χ4n) is 2.01. The lowest BCUT2D eigenvalue weighted by Gasteiger charge is -2.13. The lowest BCUT2D eigenvalue weighted by molar-refractivity contribution is -0.125. The highest BCUT2D eigenvalue weighted by atomic mass is 16.2. The van der Waals surface area contributed by atoms with Crippen molar-refractivity contribution in [3.8, 4) is 0 Å². The first-order valence-electron chi connectivity index (χ1n) is 5.35. The maximum absolute atomic E-state index is 11.3. The van der Waals surface area contributed by atoms with E-state index in [9.17, 15) is 4.79 Å². The van der Waals surface area contributed by atoms with E-state index in [1.807, 2.05) is 0 Å². The third-order valence-electron chi connectivity index (χ3n) is 2.87. The standard InChI is InChI=1S/C10H20N2O/c11-12-10(13)9-7-5-3-1-2-4-6-8-9/h9H,1-8,11H2,(H,12,13). The Morgan fingerprint density at radius 2 is 1.46 bits per heavy atom. The van der Waals surface area contributed by atoms with Crippen molar-refractivity contribution in [3.63, 3.8) is 0 Å². The van der Waals surface area contributed by atoms with Crippen LogP contribution in [0.25, 0.3) is 0 Å². The first kappa shape index (κ1) is 10.5. The van der Waals surface area contributed by atoms with Gasteiger partial charge in [0.15, 0.2) is 0 Å². The molecule has 3 N–H and O–H groups in total. The van der Waals surface area contributed by atoms with Gasteiger partial charge in [-0.05, 0) is 12.8 Å². The van der Waals surface area contributed by atoms with E-state index in [4.69, 9.17) is 5.84 Å². The van der Waals surface area contributed by atoms with Gasteiger partial charge in [0.25, 0.3) is 0 Å². The average Bonchev–Trinajstić information content (AvgIpc) is 2.29. The Labute approximate surface area is 80.0 Å². The number of nitrogens with one attached hydrogen (secondary N) is 1. The van der Waals surface area contributed by atoms with E-state index >= 15 is 0 Å². The second-order valence-electron chi connectivity index (χ2n) is 3.90. The minimum absolute atomic E-state index is 0.0295. The zero-order chi connectivity index (χ0) is 9.52. The lowest BCUT2D eigenvalue weighted by Crippen LogP contribution is -2.35. The van der Waals surface area contributed by atoms with Crippen molar-refractivity contribution in [3.05, 3.63) is 0 Å². The van der Waals surface area contributed by atoms with Gasteiger partial charge in [0.1, 0.15) is 0 Å². The minimum atomic E-state index is 0.0295. The summed E-state index contributed by atoms with van der Waals surface area (Å²) >= 11 is 0. The number of carbonyl (C=O) groups excluding carboxylic acids is 1. The molecule has 1 aliphatic rings. The molecule has 1 rings (SSSR count). The van der Waals surface area contributed by atoms with Gasteiger partial charge in [0.05, 0.1) is 0 Å². The van der Waals surface area contributed by atoms with Gasteiger partial charge in [-0.25, -0.2) is 5.84 Å². The van der Waals surface area contributed by atoms with Crippen molar-refractivity contribution < 1.29 is 4.79 Å². The summed E-state index contributed by atoms with van der Waals surface area (Å²) in [6.07, 6.45) is 9.60. The molecule has 0 aromatic carbocycles. The molecule has 0 saturated heterocycles. The van der Waals surface area contributed by atoms with E-state index in [0.717, 1.165) is 12.8 Å². The topological polar surface area (TPSA) is 55.1 Å². The van der Waals surface area contributed by atoms with Crippen LogP contribution >= 0.6 is 0 Å². The second-order valence-corrected chi connectivity index (χ2v) is 3.90. The Morgan fingerprint density at radius 1 is 1.00 bits per heavy atom. The Hall–Kier alpha value is -0.570. The van der Waals surface area contributed by atoms with Crippen LogP contribution in [0.1, 0.15) is 51.4 Å². The smallest absolute Gasteiger partial charge is 0.236 e. The highest BCUT2D eigenvalue weighted by molar-refractivity contribution is 5.77. The summed E-state index contributed by atoms with van der Waals surface area (Å²) in [5.74, 6) is 5.33. The van der Waals surface area contributed by atoms with Crippen molar-refractivity contribution in [2.45, 2.75) is 51.4 Å². The molecular formula is C10H20N2O. The third-order valence-corrected chi connectivity index (χ3v) is 2.87. The zero-order valence-corrected chi connectivity index (χ0v) is 8.22. The van der Waals surface area contributed by atoms with Crippen molar-refractivity contribution >= 4 is 5.91 Å². The molecule has 1 fully saturated rings. The number of hydrogen-bond acceptors (Lipinski definition) is 2. The Balaban J connectivity index is 2.36. The first-order chi connectivity index (χ1) is 6.34. The molecule has 3 nitrogen and oxygen atoms in total. The summed E-state index contributed by atoms with van der Waals surface area (Å²) in [6.45, 7) is 0. The predicted molar refractivity (Wildman–Crippen MR) is 52.8 cm³/mol. The van der Waals surface area contributed by atoms with Crippen molar-refractivity contribution in [1.82, 2.24) is 5.43 Å². The van der Waals surface area contributed by atoms with E-state index in [1.165, 1.54) is 38.5 Å². The van der Waals surface area contributed by atoms with Gasteiger partial charge in [-0.1, -0.05) is 38.5 Å². The third kappa shape index (κ3) is 3.77. The molecule has 0 radical (unpaired) electrons. The van der Waals surface area contributed by atoms with Gasteiger partial charge < -0.3 is 0 Å². The van der Waals surface area contributed by atoms with Gasteiger partial charge in [-0.3, -0.25) is 10.2 Å². The number of hydrazine groups is 1. The average molecular weight is 184 g/mol. The first-order valence-corrected chi connectivity index (χ1v) is 5.35. The van der Waals surface area contributed by atoms with Crippen LogP contribution in [-0.2, 0) is 4.79 Å². The minimum Gasteiger partial charge on any atom is -0.294 e. The summed E-state index contributed by atoms with van der Waals surface area (Å²) in [5.41, 5.74) is 2.26. The largest absolute Gasteiger partial charge is 0.294 e. The Bertz CT molecular complexity index is 149. The van der Waals surface area contributed by atoms with Gasteiger partial charge in [-0.15, -0.1) is 0 Å². The molecule has 1 amide bonds. The van der Waals surface area contributed by atoms with Crippen LogP contribution in [0, 0.1) is 5.92 Å². The van der Waals surface area contributed by atoms with Gasteiger partial charge >= 0.3 is 0 Å². The van der Waals surface area contributed by atoms with Crippen LogP contribution in [0.4, 0.5) is 0 Å². The molecule has 0 bridgehead atoms. The Kier molecular flexibility index (Phi) is 4.83. The SMILES string of the molecule is NNC(=O)C1CCCCCCCC1. The van der Waals surface area contributed by atoms with Gasteiger partial charge in [-0.2, -0.15) is 0 Å². The molecule has 0 aromatic heterocycles. The van der Waals surface area contributed by atoms with Gasteiger partial charge in [0, 0.05) is 5.92 Å². The Morgan fingerprint density at radius 3 is 1.92 bits per heavy atom. The van der Waals surface area contributed by atoms with Crippen LogP contribution in [0.3, 0.4) is 0 Å². The normalized spacial score (nSPS) is 21.3. The number of hydrogen-bond donors (Lipinski definition) is 2. The van der Waals surface area contributed by atoms with E-state index in [2.05, 4.69) is 5.43 Å². The summed E-state index contributed by atoms with van der Waals surface area (Å²) in [6, 6.07) is 0. The number of amides is 1. The molecule has 0 aliphatic heterocycles. The van der Waals surface area contributed by atoms with Crippen LogP contribution in [-0.4, -0.2) is 5.91 Å². The monoisotopic (exact) mass is 184 g/mol. The molecule has 0 atom stereocenters. The van der Waals surface area contributed by atoms with E-state index < -0.39 is 0 Å². The van der Waals surface area contributed by atoms with E-state index in [1.54, 1.807) is 0 Å². The summed E-state index contributed by atoms with van der Waals surface area (Å²) in [5, 5.41) is 0. The molecule has 0 unspecified atom stereocenters. The summed E-state index contributed by atoms with van der Waals surface area (Å²) in [4.78, 5) is 11.3. The van der Waals surface area contributed by atoms with E-state index in [-0.39, 0.29) is 11.8 Å². The fraction of sp³-hybridized carbons (Fsp3) is 0.900. The second kappa shape index (κ2) is 5.97.